The normalized spacial score (nSPS) is 10.5. The van der Waals surface area contributed by atoms with E-state index in [0.717, 1.165) is 0 Å². The molecule has 0 atom stereocenters. The van der Waals surface area contributed by atoms with Crippen LogP contribution >= 0.6 is 0 Å². The van der Waals surface area contributed by atoms with Crippen LogP contribution in [-0.2, 0) is 6.54 Å². The molecule has 78 valence electrons. The Morgan fingerprint density at radius 1 is 1.40 bits per heavy atom. The van der Waals surface area contributed by atoms with E-state index in [1.54, 1.807) is 12.1 Å². The predicted octanol–water partition coefficient (Wildman–Crippen LogP) is 0.471. The topological polar surface area (TPSA) is 63.8 Å². The molecule has 0 amide bonds. The second kappa shape index (κ2) is 4.14. The average molecular weight is 208 g/mol. The van der Waals surface area contributed by atoms with Crippen LogP contribution in [0.1, 0.15) is 0 Å². The van der Waals surface area contributed by atoms with Gasteiger partial charge in [-0.1, -0.05) is 12.1 Å². The number of halogens is 1. The number of hydrogen-bond acceptors (Lipinski definition) is 4. The van der Waals surface area contributed by atoms with Crippen molar-refractivity contribution in [2.75, 3.05) is 6.61 Å². The highest BCUT2D eigenvalue weighted by atomic mass is 19.1. The molecule has 0 saturated heterocycles. The van der Waals surface area contributed by atoms with E-state index >= 15 is 0 Å². The van der Waals surface area contributed by atoms with Gasteiger partial charge in [-0.15, -0.1) is 5.10 Å². The first-order chi connectivity index (χ1) is 7.31. The van der Waals surface area contributed by atoms with E-state index in [9.17, 15) is 4.39 Å². The average Bonchev–Trinajstić information content (AvgIpc) is 2.66. The number of tetrazole rings is 1. The van der Waals surface area contributed by atoms with Crippen molar-refractivity contribution in [1.29, 1.82) is 0 Å². The molecule has 0 aliphatic heterocycles. The summed E-state index contributed by atoms with van der Waals surface area (Å²) in [5.74, 6) is 0.106. The SMILES string of the molecule is OCCn1nnnc1-c1cccc(F)c1. The predicted molar refractivity (Wildman–Crippen MR) is 50.3 cm³/mol. The summed E-state index contributed by atoms with van der Waals surface area (Å²) < 4.78 is 14.4. The highest BCUT2D eigenvalue weighted by Crippen LogP contribution is 2.16. The van der Waals surface area contributed by atoms with Crippen LogP contribution in [0.15, 0.2) is 24.3 Å². The number of hydrogen-bond donors (Lipinski definition) is 1. The fourth-order valence-electron chi connectivity index (χ4n) is 1.28. The molecule has 1 aromatic carbocycles. The van der Waals surface area contributed by atoms with Crippen molar-refractivity contribution in [3.05, 3.63) is 30.1 Å². The summed E-state index contributed by atoms with van der Waals surface area (Å²) in [6.07, 6.45) is 0. The summed E-state index contributed by atoms with van der Waals surface area (Å²) in [5, 5.41) is 19.7. The van der Waals surface area contributed by atoms with E-state index in [1.807, 2.05) is 0 Å². The van der Waals surface area contributed by atoms with Gasteiger partial charge in [0.2, 0.25) is 0 Å². The van der Waals surface area contributed by atoms with Gasteiger partial charge < -0.3 is 5.11 Å². The zero-order valence-corrected chi connectivity index (χ0v) is 7.84. The fourth-order valence-corrected chi connectivity index (χ4v) is 1.28. The summed E-state index contributed by atoms with van der Waals surface area (Å²) in [5.41, 5.74) is 0.591. The highest BCUT2D eigenvalue weighted by molar-refractivity contribution is 5.54. The van der Waals surface area contributed by atoms with Crippen LogP contribution in [0.25, 0.3) is 11.4 Å². The molecular formula is C9H9FN4O. The van der Waals surface area contributed by atoms with Crippen LogP contribution in [0.2, 0.25) is 0 Å². The van der Waals surface area contributed by atoms with Crippen molar-refractivity contribution in [2.45, 2.75) is 6.54 Å². The van der Waals surface area contributed by atoms with Crippen LogP contribution in [0.5, 0.6) is 0 Å². The minimum Gasteiger partial charge on any atom is -0.394 e. The monoisotopic (exact) mass is 208 g/mol. The molecule has 2 aromatic rings. The Morgan fingerprint density at radius 3 is 3.00 bits per heavy atom. The Labute approximate surface area is 85.2 Å². The van der Waals surface area contributed by atoms with Crippen LogP contribution in [-0.4, -0.2) is 31.9 Å². The van der Waals surface area contributed by atoms with Gasteiger partial charge in [-0.05, 0) is 22.6 Å². The first-order valence-electron chi connectivity index (χ1n) is 4.44. The zero-order valence-electron chi connectivity index (χ0n) is 7.84. The smallest absolute Gasteiger partial charge is 0.182 e. The third kappa shape index (κ3) is 1.99. The van der Waals surface area contributed by atoms with Crippen molar-refractivity contribution in [3.63, 3.8) is 0 Å². The zero-order chi connectivity index (χ0) is 10.7. The molecular weight excluding hydrogens is 199 g/mol. The van der Waals surface area contributed by atoms with Crippen molar-refractivity contribution < 1.29 is 9.50 Å². The lowest BCUT2D eigenvalue weighted by atomic mass is 10.2. The maximum Gasteiger partial charge on any atom is 0.182 e. The molecule has 0 aliphatic rings. The Balaban J connectivity index is 2.40. The number of aromatic nitrogens is 4. The Hall–Kier alpha value is -1.82. The molecule has 1 N–H and O–H groups in total. The second-order valence-electron chi connectivity index (χ2n) is 2.96. The number of nitrogens with zero attached hydrogens (tertiary/aromatic N) is 4. The first-order valence-corrected chi connectivity index (χ1v) is 4.44. The molecule has 6 heteroatoms. The molecule has 0 fully saturated rings. The maximum absolute atomic E-state index is 12.9. The third-order valence-corrected chi connectivity index (χ3v) is 1.93. The van der Waals surface area contributed by atoms with Crippen LogP contribution < -0.4 is 0 Å². The quantitative estimate of drug-likeness (QED) is 0.796. The Morgan fingerprint density at radius 2 is 2.27 bits per heavy atom. The van der Waals surface area contributed by atoms with Crippen molar-refractivity contribution >= 4 is 0 Å². The summed E-state index contributed by atoms with van der Waals surface area (Å²) in [6, 6.07) is 5.99. The van der Waals surface area contributed by atoms with Crippen LogP contribution in [0.4, 0.5) is 4.39 Å². The number of aliphatic hydroxyl groups is 1. The number of rotatable bonds is 3. The molecule has 0 aliphatic carbocycles. The first kappa shape index (κ1) is 9.72. The standard InChI is InChI=1S/C9H9FN4O/c10-8-3-1-2-7(6-8)9-11-12-13-14(9)4-5-15/h1-3,6,15H,4-5H2. The summed E-state index contributed by atoms with van der Waals surface area (Å²) in [7, 11) is 0. The van der Waals surface area contributed by atoms with Gasteiger partial charge in [0.05, 0.1) is 13.2 Å². The fraction of sp³-hybridized carbons (Fsp3) is 0.222. The van der Waals surface area contributed by atoms with Gasteiger partial charge in [-0.25, -0.2) is 9.07 Å². The van der Waals surface area contributed by atoms with E-state index in [1.165, 1.54) is 16.8 Å². The second-order valence-corrected chi connectivity index (χ2v) is 2.96. The largest absolute Gasteiger partial charge is 0.394 e. The summed E-state index contributed by atoms with van der Waals surface area (Å²) in [6.45, 7) is 0.228. The molecule has 0 saturated carbocycles. The van der Waals surface area contributed by atoms with E-state index in [2.05, 4.69) is 15.5 Å². The number of benzene rings is 1. The minimum absolute atomic E-state index is 0.0621. The summed E-state index contributed by atoms with van der Waals surface area (Å²) >= 11 is 0. The van der Waals surface area contributed by atoms with Crippen molar-refractivity contribution in [2.24, 2.45) is 0 Å². The minimum atomic E-state index is -0.342. The van der Waals surface area contributed by atoms with Gasteiger partial charge in [0.25, 0.3) is 0 Å². The van der Waals surface area contributed by atoms with E-state index < -0.39 is 0 Å². The Bertz CT molecular complexity index is 457. The van der Waals surface area contributed by atoms with Crippen LogP contribution in [0.3, 0.4) is 0 Å². The Kier molecular flexibility index (Phi) is 2.68. The molecule has 0 unspecified atom stereocenters. The lowest BCUT2D eigenvalue weighted by molar-refractivity contribution is 0.269. The molecule has 0 spiro atoms. The van der Waals surface area contributed by atoms with E-state index in [-0.39, 0.29) is 12.4 Å². The molecule has 0 bridgehead atoms. The molecule has 2 rings (SSSR count). The summed E-state index contributed by atoms with van der Waals surface area (Å²) in [4.78, 5) is 0. The molecule has 0 radical (unpaired) electrons. The molecule has 5 nitrogen and oxygen atoms in total. The molecule has 15 heavy (non-hydrogen) atoms. The van der Waals surface area contributed by atoms with E-state index in [0.29, 0.717) is 17.9 Å². The van der Waals surface area contributed by atoms with Gasteiger partial charge in [-0.3, -0.25) is 0 Å². The lowest BCUT2D eigenvalue weighted by Crippen LogP contribution is -2.06. The van der Waals surface area contributed by atoms with Gasteiger partial charge in [0.1, 0.15) is 5.82 Å². The van der Waals surface area contributed by atoms with Gasteiger partial charge in [-0.2, -0.15) is 0 Å². The van der Waals surface area contributed by atoms with Gasteiger partial charge >= 0.3 is 0 Å². The van der Waals surface area contributed by atoms with Gasteiger partial charge in [0.15, 0.2) is 5.82 Å². The lowest BCUT2D eigenvalue weighted by Gasteiger charge is -2.01. The highest BCUT2D eigenvalue weighted by Gasteiger charge is 2.08. The van der Waals surface area contributed by atoms with Crippen LogP contribution in [0, 0.1) is 5.82 Å². The molecule has 1 heterocycles. The molecule has 1 aromatic heterocycles. The number of aliphatic hydroxyl groups excluding tert-OH is 1. The van der Waals surface area contributed by atoms with Crippen molar-refractivity contribution in [3.8, 4) is 11.4 Å². The van der Waals surface area contributed by atoms with Gasteiger partial charge in [0, 0.05) is 5.56 Å². The third-order valence-electron chi connectivity index (χ3n) is 1.93. The van der Waals surface area contributed by atoms with Crippen molar-refractivity contribution in [1.82, 2.24) is 20.2 Å². The maximum atomic E-state index is 12.9. The van der Waals surface area contributed by atoms with E-state index in [4.69, 9.17) is 5.11 Å².